The Bertz CT molecular complexity index is 1130. The highest BCUT2D eigenvalue weighted by atomic mass is 32.2. The van der Waals surface area contributed by atoms with Crippen LogP contribution in [-0.2, 0) is 16.4 Å². The van der Waals surface area contributed by atoms with E-state index >= 15 is 0 Å². The first-order chi connectivity index (χ1) is 13.8. The van der Waals surface area contributed by atoms with Crippen LogP contribution in [0, 0.1) is 13.8 Å². The van der Waals surface area contributed by atoms with E-state index in [9.17, 15) is 13.2 Å². The molecule has 0 saturated carbocycles. The van der Waals surface area contributed by atoms with Crippen LogP contribution in [0.3, 0.4) is 0 Å². The lowest BCUT2D eigenvalue weighted by atomic mass is 10.1. The van der Waals surface area contributed by atoms with Gasteiger partial charge in [-0.15, -0.1) is 10.2 Å². The van der Waals surface area contributed by atoms with Crippen molar-refractivity contribution in [2.75, 3.05) is 15.4 Å². The summed E-state index contributed by atoms with van der Waals surface area (Å²) in [5.41, 5.74) is 3.27. The Labute approximate surface area is 173 Å². The Balaban J connectivity index is 1.68. The fourth-order valence-corrected chi connectivity index (χ4v) is 4.53. The summed E-state index contributed by atoms with van der Waals surface area (Å²) >= 11 is 1.15. The van der Waals surface area contributed by atoms with E-state index < -0.39 is 16.1 Å². The molecule has 8 nitrogen and oxygen atoms in total. The molecular weight excluding hydrogens is 410 g/mol. The van der Waals surface area contributed by atoms with Crippen LogP contribution in [0.2, 0.25) is 0 Å². The smallest absolute Gasteiger partial charge is 0.308 e. The van der Waals surface area contributed by atoms with E-state index in [1.807, 2.05) is 32.0 Å². The number of benzene rings is 2. The van der Waals surface area contributed by atoms with Gasteiger partial charge in [0, 0.05) is 11.4 Å². The molecule has 152 valence electrons. The first kappa shape index (κ1) is 20.7. The summed E-state index contributed by atoms with van der Waals surface area (Å²) in [6.07, 6.45) is 0.797. The van der Waals surface area contributed by atoms with Crippen LogP contribution in [-0.4, -0.2) is 24.6 Å². The Morgan fingerprint density at radius 1 is 1.03 bits per heavy atom. The summed E-state index contributed by atoms with van der Waals surface area (Å²) < 4.78 is 27.2. The van der Waals surface area contributed by atoms with E-state index in [1.54, 1.807) is 6.92 Å². The number of aryl methyl sites for hydroxylation is 3. The maximum Gasteiger partial charge on any atom is 0.323 e. The average molecular weight is 432 g/mol. The number of anilines is 3. The fraction of sp³-hybridized carbons (Fsp3) is 0.211. The molecule has 29 heavy (non-hydrogen) atoms. The van der Waals surface area contributed by atoms with Crippen molar-refractivity contribution in [2.45, 2.75) is 32.1 Å². The minimum Gasteiger partial charge on any atom is -0.308 e. The third-order valence-corrected chi connectivity index (χ3v) is 6.39. The second-order valence-corrected chi connectivity index (χ2v) is 9.16. The Kier molecular flexibility index (Phi) is 6.14. The predicted octanol–water partition coefficient (Wildman–Crippen LogP) is 4.16. The van der Waals surface area contributed by atoms with Crippen molar-refractivity contribution in [1.29, 1.82) is 0 Å². The summed E-state index contributed by atoms with van der Waals surface area (Å²) in [6.45, 7) is 5.69. The van der Waals surface area contributed by atoms with E-state index in [1.165, 1.54) is 24.3 Å². The number of sulfonamides is 1. The van der Waals surface area contributed by atoms with Gasteiger partial charge in [0.2, 0.25) is 5.13 Å². The molecule has 0 aliphatic carbocycles. The third-order valence-electron chi connectivity index (χ3n) is 4.15. The zero-order chi connectivity index (χ0) is 21.0. The van der Waals surface area contributed by atoms with Crippen LogP contribution in [0.15, 0.2) is 47.4 Å². The van der Waals surface area contributed by atoms with Crippen molar-refractivity contribution in [1.82, 2.24) is 10.2 Å². The first-order valence-corrected chi connectivity index (χ1v) is 11.2. The number of nitrogens with zero attached hydrogens (tertiary/aromatic N) is 2. The number of rotatable bonds is 6. The van der Waals surface area contributed by atoms with Crippen molar-refractivity contribution >= 4 is 43.9 Å². The zero-order valence-corrected chi connectivity index (χ0v) is 17.8. The maximum atomic E-state index is 12.4. The number of carbonyl (C=O) groups excluding carboxylic acids is 1. The van der Waals surface area contributed by atoms with Crippen LogP contribution in [0.25, 0.3) is 0 Å². The molecule has 0 radical (unpaired) electrons. The van der Waals surface area contributed by atoms with Crippen LogP contribution >= 0.6 is 11.3 Å². The highest BCUT2D eigenvalue weighted by molar-refractivity contribution is 7.93. The van der Waals surface area contributed by atoms with Crippen LogP contribution in [0.1, 0.15) is 23.1 Å². The topological polar surface area (TPSA) is 113 Å². The molecule has 0 saturated heterocycles. The lowest BCUT2D eigenvalue weighted by molar-refractivity contribution is 0.262. The van der Waals surface area contributed by atoms with Gasteiger partial charge in [0.25, 0.3) is 10.0 Å². The van der Waals surface area contributed by atoms with Crippen molar-refractivity contribution in [3.63, 3.8) is 0 Å². The molecule has 0 spiro atoms. The molecule has 10 heteroatoms. The molecule has 0 atom stereocenters. The average Bonchev–Trinajstić information content (AvgIpc) is 3.07. The van der Waals surface area contributed by atoms with Crippen molar-refractivity contribution < 1.29 is 13.2 Å². The number of hydrogen-bond acceptors (Lipinski definition) is 6. The van der Waals surface area contributed by atoms with E-state index in [2.05, 4.69) is 25.6 Å². The molecular formula is C19H21N5O3S2. The number of amides is 2. The maximum absolute atomic E-state index is 12.4. The largest absolute Gasteiger partial charge is 0.323 e. The van der Waals surface area contributed by atoms with Crippen molar-refractivity contribution in [2.24, 2.45) is 0 Å². The van der Waals surface area contributed by atoms with E-state index in [4.69, 9.17) is 0 Å². The number of aromatic nitrogens is 2. The minimum atomic E-state index is -3.78. The lowest BCUT2D eigenvalue weighted by Crippen LogP contribution is -2.21. The van der Waals surface area contributed by atoms with Gasteiger partial charge in [0.1, 0.15) is 5.01 Å². The van der Waals surface area contributed by atoms with E-state index in [-0.39, 0.29) is 10.0 Å². The van der Waals surface area contributed by atoms with Gasteiger partial charge in [-0.2, -0.15) is 0 Å². The number of urea groups is 1. The molecule has 0 aliphatic rings. The van der Waals surface area contributed by atoms with Gasteiger partial charge < -0.3 is 10.6 Å². The molecule has 0 unspecified atom stereocenters. The SMILES string of the molecule is CCc1cccc(C)c1NC(=O)Nc1ccc(S(=O)(=O)Nc2nnc(C)s2)cc1. The molecule has 1 aromatic heterocycles. The minimum absolute atomic E-state index is 0.0588. The second-order valence-electron chi connectivity index (χ2n) is 6.30. The van der Waals surface area contributed by atoms with Gasteiger partial charge in [0.05, 0.1) is 4.90 Å². The monoisotopic (exact) mass is 431 g/mol. The van der Waals surface area contributed by atoms with E-state index in [0.29, 0.717) is 10.7 Å². The Morgan fingerprint density at radius 2 is 1.76 bits per heavy atom. The summed E-state index contributed by atoms with van der Waals surface area (Å²) in [5.74, 6) is 0. The normalized spacial score (nSPS) is 11.1. The number of hydrogen-bond donors (Lipinski definition) is 3. The lowest BCUT2D eigenvalue weighted by Gasteiger charge is -2.14. The summed E-state index contributed by atoms with van der Waals surface area (Å²) in [6, 6.07) is 11.3. The zero-order valence-electron chi connectivity index (χ0n) is 16.2. The molecule has 1 heterocycles. The highest BCUT2D eigenvalue weighted by Crippen LogP contribution is 2.23. The van der Waals surface area contributed by atoms with Gasteiger partial charge >= 0.3 is 6.03 Å². The molecule has 3 N–H and O–H groups in total. The van der Waals surface area contributed by atoms with Gasteiger partial charge in [-0.25, -0.2) is 13.2 Å². The van der Waals surface area contributed by atoms with Gasteiger partial charge in [0.15, 0.2) is 0 Å². The molecule has 3 rings (SSSR count). The number of carbonyl (C=O) groups is 1. The van der Waals surface area contributed by atoms with Crippen LogP contribution < -0.4 is 15.4 Å². The quantitative estimate of drug-likeness (QED) is 0.542. The van der Waals surface area contributed by atoms with Gasteiger partial charge in [-0.05, 0) is 55.7 Å². The third kappa shape index (κ3) is 5.09. The van der Waals surface area contributed by atoms with Gasteiger partial charge in [-0.3, -0.25) is 4.72 Å². The molecule has 2 amide bonds. The van der Waals surface area contributed by atoms with Gasteiger partial charge in [-0.1, -0.05) is 36.5 Å². The number of nitrogens with one attached hydrogen (secondary N) is 3. The highest BCUT2D eigenvalue weighted by Gasteiger charge is 2.17. The van der Waals surface area contributed by atoms with E-state index in [0.717, 1.165) is 34.6 Å². The summed E-state index contributed by atoms with van der Waals surface area (Å²) in [7, 11) is -3.78. The summed E-state index contributed by atoms with van der Waals surface area (Å²) in [5, 5.41) is 14.0. The molecule has 0 aliphatic heterocycles. The van der Waals surface area contributed by atoms with Crippen molar-refractivity contribution in [3.05, 3.63) is 58.6 Å². The number of para-hydroxylation sites is 1. The predicted molar refractivity (Wildman–Crippen MR) is 115 cm³/mol. The van der Waals surface area contributed by atoms with Crippen LogP contribution in [0.4, 0.5) is 21.3 Å². The molecule has 2 aromatic carbocycles. The van der Waals surface area contributed by atoms with Crippen molar-refractivity contribution in [3.8, 4) is 0 Å². The Morgan fingerprint density at radius 3 is 2.38 bits per heavy atom. The molecule has 3 aromatic rings. The fourth-order valence-electron chi connectivity index (χ4n) is 2.71. The first-order valence-electron chi connectivity index (χ1n) is 8.88. The Hall–Kier alpha value is -2.98. The molecule has 0 bridgehead atoms. The van der Waals surface area contributed by atoms with Crippen LogP contribution in [0.5, 0.6) is 0 Å². The molecule has 0 fully saturated rings. The summed E-state index contributed by atoms with van der Waals surface area (Å²) in [4.78, 5) is 12.4. The second kappa shape index (κ2) is 8.58. The standard InChI is InChI=1S/C19H21N5O3S2/c1-4-14-7-5-6-12(2)17(14)21-18(25)20-15-8-10-16(11-9-15)29(26,27)24-19-23-22-13(3)28-19/h5-11H,4H2,1-3H3,(H,23,24)(H2,20,21,25).